The predicted molar refractivity (Wildman–Crippen MR) is 77.5 cm³/mol. The van der Waals surface area contributed by atoms with Crippen LogP contribution in [0, 0.1) is 18.3 Å². The van der Waals surface area contributed by atoms with Crippen LogP contribution in [0.2, 0.25) is 0 Å². The molecule has 1 aliphatic rings. The zero-order chi connectivity index (χ0) is 13.2. The van der Waals surface area contributed by atoms with Crippen molar-refractivity contribution in [3.05, 3.63) is 0 Å². The average molecular weight is 251 g/mol. The zero-order valence-corrected chi connectivity index (χ0v) is 12.1. The number of nitrogens with one attached hydrogen (secondary N) is 1. The molecule has 1 unspecified atom stereocenters. The maximum absolute atomic E-state index is 5.62. The summed E-state index contributed by atoms with van der Waals surface area (Å²) < 4.78 is 5.62. The van der Waals surface area contributed by atoms with Crippen LogP contribution in [0.15, 0.2) is 0 Å². The van der Waals surface area contributed by atoms with Gasteiger partial charge in [-0.15, -0.1) is 12.3 Å². The molecule has 2 nitrogen and oxygen atoms in total. The van der Waals surface area contributed by atoms with Gasteiger partial charge in [-0.2, -0.15) is 0 Å². The van der Waals surface area contributed by atoms with Crippen LogP contribution >= 0.6 is 0 Å². The van der Waals surface area contributed by atoms with Gasteiger partial charge in [-0.1, -0.05) is 6.92 Å². The molecule has 0 spiro atoms. The molecule has 0 aromatic carbocycles. The van der Waals surface area contributed by atoms with E-state index in [-0.39, 0.29) is 0 Å². The van der Waals surface area contributed by atoms with Crippen molar-refractivity contribution in [3.8, 4) is 12.3 Å². The van der Waals surface area contributed by atoms with Crippen molar-refractivity contribution in [1.82, 2.24) is 5.32 Å². The summed E-state index contributed by atoms with van der Waals surface area (Å²) in [5, 5.41) is 3.66. The SMILES string of the molecule is C#CCCCC(CC1CC(OCC)C1)NCCC. The Bertz CT molecular complexity index is 240. The molecule has 0 bridgehead atoms. The Labute approximate surface area is 113 Å². The van der Waals surface area contributed by atoms with Gasteiger partial charge in [0.15, 0.2) is 0 Å². The summed E-state index contributed by atoms with van der Waals surface area (Å²) in [7, 11) is 0. The van der Waals surface area contributed by atoms with Crippen LogP contribution in [0.3, 0.4) is 0 Å². The fourth-order valence-corrected chi connectivity index (χ4v) is 2.74. The van der Waals surface area contributed by atoms with Gasteiger partial charge in [-0.3, -0.25) is 0 Å². The van der Waals surface area contributed by atoms with Gasteiger partial charge in [0.2, 0.25) is 0 Å². The minimum Gasteiger partial charge on any atom is -0.378 e. The highest BCUT2D eigenvalue weighted by molar-refractivity contribution is 4.86. The molecule has 0 amide bonds. The molecule has 0 aliphatic heterocycles. The Morgan fingerprint density at radius 2 is 2.17 bits per heavy atom. The minimum absolute atomic E-state index is 0.539. The first-order valence-electron chi connectivity index (χ1n) is 7.58. The number of rotatable bonds is 10. The van der Waals surface area contributed by atoms with Gasteiger partial charge in [-0.25, -0.2) is 0 Å². The molecule has 1 atom stereocenters. The van der Waals surface area contributed by atoms with Crippen molar-refractivity contribution >= 4 is 0 Å². The van der Waals surface area contributed by atoms with E-state index < -0.39 is 0 Å². The normalized spacial score (nSPS) is 24.3. The predicted octanol–water partition coefficient (Wildman–Crippen LogP) is 3.36. The average Bonchev–Trinajstić information content (AvgIpc) is 2.33. The van der Waals surface area contributed by atoms with E-state index in [1.54, 1.807) is 0 Å². The smallest absolute Gasteiger partial charge is 0.0580 e. The maximum atomic E-state index is 5.62. The van der Waals surface area contributed by atoms with Crippen LogP contribution in [0.25, 0.3) is 0 Å². The summed E-state index contributed by atoms with van der Waals surface area (Å²) in [5.41, 5.74) is 0. The monoisotopic (exact) mass is 251 g/mol. The molecule has 1 N–H and O–H groups in total. The number of unbranched alkanes of at least 4 members (excludes halogenated alkanes) is 1. The number of hydrogen-bond acceptors (Lipinski definition) is 2. The van der Waals surface area contributed by atoms with Crippen LogP contribution in [0.4, 0.5) is 0 Å². The van der Waals surface area contributed by atoms with Crippen molar-refractivity contribution in [2.75, 3.05) is 13.2 Å². The van der Waals surface area contributed by atoms with E-state index >= 15 is 0 Å². The lowest BCUT2D eigenvalue weighted by Gasteiger charge is -2.37. The Morgan fingerprint density at radius 3 is 2.78 bits per heavy atom. The first-order valence-corrected chi connectivity index (χ1v) is 7.58. The van der Waals surface area contributed by atoms with Crippen LogP contribution in [0.5, 0.6) is 0 Å². The van der Waals surface area contributed by atoms with Crippen molar-refractivity contribution in [3.63, 3.8) is 0 Å². The third-order valence-electron chi connectivity index (χ3n) is 3.77. The Kier molecular flexibility index (Phi) is 8.13. The Morgan fingerprint density at radius 1 is 1.39 bits per heavy atom. The van der Waals surface area contributed by atoms with Crippen LogP contribution in [-0.4, -0.2) is 25.3 Å². The highest BCUT2D eigenvalue weighted by Crippen LogP contribution is 2.34. The van der Waals surface area contributed by atoms with Crippen molar-refractivity contribution in [2.45, 2.75) is 70.9 Å². The summed E-state index contributed by atoms with van der Waals surface area (Å²) in [6.45, 7) is 6.29. The van der Waals surface area contributed by atoms with E-state index in [0.717, 1.165) is 31.9 Å². The Balaban J connectivity index is 2.17. The first-order chi connectivity index (χ1) is 8.80. The third-order valence-corrected chi connectivity index (χ3v) is 3.77. The molecule has 2 heteroatoms. The molecule has 1 aliphatic carbocycles. The highest BCUT2D eigenvalue weighted by atomic mass is 16.5. The van der Waals surface area contributed by atoms with Crippen molar-refractivity contribution in [1.29, 1.82) is 0 Å². The van der Waals surface area contributed by atoms with Gasteiger partial charge in [0, 0.05) is 19.1 Å². The van der Waals surface area contributed by atoms with Gasteiger partial charge in [0.05, 0.1) is 6.10 Å². The molecule has 18 heavy (non-hydrogen) atoms. The third kappa shape index (κ3) is 5.89. The van der Waals surface area contributed by atoms with Crippen molar-refractivity contribution in [2.24, 2.45) is 5.92 Å². The molecule has 1 fully saturated rings. The van der Waals surface area contributed by atoms with E-state index in [0.29, 0.717) is 12.1 Å². The van der Waals surface area contributed by atoms with E-state index in [1.165, 1.54) is 32.1 Å². The van der Waals surface area contributed by atoms with E-state index in [9.17, 15) is 0 Å². The van der Waals surface area contributed by atoms with Crippen molar-refractivity contribution < 1.29 is 4.74 Å². The summed E-state index contributed by atoms with van der Waals surface area (Å²) in [4.78, 5) is 0. The van der Waals surface area contributed by atoms with Gasteiger partial charge < -0.3 is 10.1 Å². The molecule has 104 valence electrons. The molecule has 1 rings (SSSR count). The number of ether oxygens (including phenoxy) is 1. The van der Waals surface area contributed by atoms with Gasteiger partial charge in [0.1, 0.15) is 0 Å². The summed E-state index contributed by atoms with van der Waals surface area (Å²) >= 11 is 0. The van der Waals surface area contributed by atoms with Gasteiger partial charge in [-0.05, 0) is 57.9 Å². The molecule has 0 saturated heterocycles. The molecular formula is C16H29NO. The standard InChI is InChI=1S/C16H29NO/c1-4-7-8-9-15(17-10-5-2)11-14-12-16(13-14)18-6-3/h1,14-17H,5-13H2,2-3H3. The maximum Gasteiger partial charge on any atom is 0.0580 e. The van der Waals surface area contributed by atoms with E-state index in [4.69, 9.17) is 11.2 Å². The molecule has 1 saturated carbocycles. The minimum atomic E-state index is 0.539. The van der Waals surface area contributed by atoms with E-state index in [1.807, 2.05) is 0 Å². The lowest BCUT2D eigenvalue weighted by molar-refractivity contribution is -0.0292. The van der Waals surface area contributed by atoms with Gasteiger partial charge in [0.25, 0.3) is 0 Å². The Hall–Kier alpha value is -0.520. The molecule has 0 aromatic rings. The van der Waals surface area contributed by atoms with E-state index in [2.05, 4.69) is 25.1 Å². The zero-order valence-electron chi connectivity index (χ0n) is 12.1. The second kappa shape index (κ2) is 9.42. The van der Waals surface area contributed by atoms with Crippen LogP contribution in [0.1, 0.15) is 58.8 Å². The fraction of sp³-hybridized carbons (Fsp3) is 0.875. The largest absolute Gasteiger partial charge is 0.378 e. The van der Waals surface area contributed by atoms with Crippen LogP contribution < -0.4 is 5.32 Å². The molecule has 0 aromatic heterocycles. The topological polar surface area (TPSA) is 21.3 Å². The fourth-order valence-electron chi connectivity index (χ4n) is 2.74. The quantitative estimate of drug-likeness (QED) is 0.475. The number of hydrogen-bond donors (Lipinski definition) is 1. The first kappa shape index (κ1) is 15.5. The molecular weight excluding hydrogens is 222 g/mol. The molecule has 0 heterocycles. The van der Waals surface area contributed by atoms with Gasteiger partial charge >= 0.3 is 0 Å². The second-order valence-corrected chi connectivity index (χ2v) is 5.40. The number of terminal acetylenes is 1. The molecule has 0 radical (unpaired) electrons. The lowest BCUT2D eigenvalue weighted by atomic mass is 9.77. The summed E-state index contributed by atoms with van der Waals surface area (Å²) in [6, 6.07) is 0.658. The summed E-state index contributed by atoms with van der Waals surface area (Å²) in [6.07, 6.45) is 14.2. The lowest BCUT2D eigenvalue weighted by Crippen LogP contribution is -2.38. The van der Waals surface area contributed by atoms with Crippen LogP contribution in [-0.2, 0) is 4.74 Å². The second-order valence-electron chi connectivity index (χ2n) is 5.40. The highest BCUT2D eigenvalue weighted by Gasteiger charge is 2.30. The summed E-state index contributed by atoms with van der Waals surface area (Å²) in [5.74, 6) is 3.60.